The van der Waals surface area contributed by atoms with Crippen molar-refractivity contribution in [3.63, 3.8) is 0 Å². The predicted molar refractivity (Wildman–Crippen MR) is 76.0 cm³/mol. The summed E-state index contributed by atoms with van der Waals surface area (Å²) in [5, 5.41) is 2.71. The normalized spacial score (nSPS) is 13.0. The molecule has 0 spiro atoms. The molecule has 18 heavy (non-hydrogen) atoms. The lowest BCUT2D eigenvalue weighted by molar-refractivity contribution is 0.596. The molecule has 1 atom stereocenters. The molecular weight excluding hydrogens is 266 g/mol. The van der Waals surface area contributed by atoms with Crippen LogP contribution in [-0.2, 0) is 6.54 Å². The van der Waals surface area contributed by atoms with Gasteiger partial charge in [0.15, 0.2) is 0 Å². The van der Waals surface area contributed by atoms with Crippen molar-refractivity contribution in [1.29, 1.82) is 0 Å². The van der Waals surface area contributed by atoms with Crippen LogP contribution in [0.25, 0.3) is 11.0 Å². The van der Waals surface area contributed by atoms with Crippen molar-refractivity contribution in [2.75, 3.05) is 0 Å². The van der Waals surface area contributed by atoms with Gasteiger partial charge in [0.2, 0.25) is 0 Å². The zero-order chi connectivity index (χ0) is 12.5. The molecule has 0 amide bonds. The number of nitrogens with two attached hydrogens (primary N) is 1. The smallest absolute Gasteiger partial charge is 0.0958 e. The molecule has 3 aromatic rings. The number of thiophene rings is 1. The molecule has 2 heterocycles. The van der Waals surface area contributed by atoms with Crippen molar-refractivity contribution in [3.8, 4) is 0 Å². The van der Waals surface area contributed by atoms with Gasteiger partial charge in [-0.1, -0.05) is 23.7 Å². The Labute approximate surface area is 114 Å². The molecule has 0 saturated carbocycles. The molecule has 2 aromatic heterocycles. The lowest BCUT2D eigenvalue weighted by atomic mass is 10.2. The first-order chi connectivity index (χ1) is 8.75. The summed E-state index contributed by atoms with van der Waals surface area (Å²) < 4.78 is 2.07. The van der Waals surface area contributed by atoms with Crippen molar-refractivity contribution in [2.24, 2.45) is 5.73 Å². The molecule has 92 valence electrons. The van der Waals surface area contributed by atoms with Crippen molar-refractivity contribution < 1.29 is 0 Å². The van der Waals surface area contributed by atoms with Crippen LogP contribution >= 0.6 is 22.9 Å². The van der Waals surface area contributed by atoms with Crippen molar-refractivity contribution in [2.45, 2.75) is 12.6 Å². The summed E-state index contributed by atoms with van der Waals surface area (Å²) in [5.74, 6) is 0. The quantitative estimate of drug-likeness (QED) is 0.797. The Balaban J connectivity index is 1.91. The van der Waals surface area contributed by atoms with Crippen LogP contribution in [0.15, 0.2) is 42.0 Å². The molecule has 5 heteroatoms. The number of rotatable bonds is 3. The summed E-state index contributed by atoms with van der Waals surface area (Å²) in [6.07, 6.45) is 1.83. The highest BCUT2D eigenvalue weighted by atomic mass is 35.5. The minimum Gasteiger partial charge on any atom is -0.329 e. The fourth-order valence-corrected chi connectivity index (χ4v) is 3.21. The van der Waals surface area contributed by atoms with Crippen LogP contribution in [0.3, 0.4) is 0 Å². The number of halogens is 1. The topological polar surface area (TPSA) is 43.8 Å². The number of imidazole rings is 1. The van der Waals surface area contributed by atoms with Gasteiger partial charge in [-0.2, -0.15) is 0 Å². The molecule has 0 aliphatic carbocycles. The Kier molecular flexibility index (Phi) is 3.07. The Morgan fingerprint density at radius 2 is 2.17 bits per heavy atom. The standard InChI is InChI=1S/C13H12ClN3S/c14-9-5-6-18-13(9)10(15)7-17-8-16-11-3-1-2-4-12(11)17/h1-6,8,10H,7,15H2. The second kappa shape index (κ2) is 4.72. The van der Waals surface area contributed by atoms with Crippen LogP contribution in [0, 0.1) is 0 Å². The first-order valence-electron chi connectivity index (χ1n) is 5.64. The molecule has 0 fully saturated rings. The number of fused-ring (bicyclic) bond motifs is 1. The van der Waals surface area contributed by atoms with E-state index in [0.29, 0.717) is 6.54 Å². The third-order valence-electron chi connectivity index (χ3n) is 2.90. The fraction of sp³-hybridized carbons (Fsp3) is 0.154. The van der Waals surface area contributed by atoms with Gasteiger partial charge in [0.05, 0.1) is 28.4 Å². The van der Waals surface area contributed by atoms with Crippen LogP contribution in [0.5, 0.6) is 0 Å². The van der Waals surface area contributed by atoms with E-state index in [1.807, 2.05) is 42.0 Å². The molecule has 0 aliphatic heterocycles. The van der Waals surface area contributed by atoms with E-state index in [2.05, 4.69) is 9.55 Å². The summed E-state index contributed by atoms with van der Waals surface area (Å²) in [4.78, 5) is 5.38. The fourth-order valence-electron chi connectivity index (χ4n) is 2.02. The Hall–Kier alpha value is -1.36. The van der Waals surface area contributed by atoms with E-state index in [4.69, 9.17) is 17.3 Å². The average molecular weight is 278 g/mol. The largest absolute Gasteiger partial charge is 0.329 e. The minimum atomic E-state index is -0.102. The van der Waals surface area contributed by atoms with Crippen LogP contribution in [-0.4, -0.2) is 9.55 Å². The summed E-state index contributed by atoms with van der Waals surface area (Å²) in [5.41, 5.74) is 8.29. The van der Waals surface area contributed by atoms with E-state index in [1.54, 1.807) is 11.3 Å². The number of aromatic nitrogens is 2. The highest BCUT2D eigenvalue weighted by molar-refractivity contribution is 7.10. The highest BCUT2D eigenvalue weighted by Crippen LogP contribution is 2.28. The zero-order valence-electron chi connectivity index (χ0n) is 9.58. The molecule has 1 aromatic carbocycles. The number of hydrogen-bond acceptors (Lipinski definition) is 3. The molecule has 1 unspecified atom stereocenters. The maximum absolute atomic E-state index is 6.20. The van der Waals surface area contributed by atoms with Gasteiger partial charge in [-0.25, -0.2) is 4.98 Å². The highest BCUT2D eigenvalue weighted by Gasteiger charge is 2.13. The lowest BCUT2D eigenvalue weighted by Gasteiger charge is -2.12. The maximum Gasteiger partial charge on any atom is 0.0958 e. The monoisotopic (exact) mass is 277 g/mol. The SMILES string of the molecule is NC(Cn1cnc2ccccc21)c1sccc1Cl. The van der Waals surface area contributed by atoms with E-state index in [0.717, 1.165) is 20.9 Å². The number of benzene rings is 1. The zero-order valence-corrected chi connectivity index (χ0v) is 11.2. The van der Waals surface area contributed by atoms with Gasteiger partial charge in [0.1, 0.15) is 0 Å². The van der Waals surface area contributed by atoms with Crippen LogP contribution in [0.2, 0.25) is 5.02 Å². The van der Waals surface area contributed by atoms with Gasteiger partial charge < -0.3 is 10.3 Å². The molecule has 0 aliphatic rings. The molecule has 0 saturated heterocycles. The lowest BCUT2D eigenvalue weighted by Crippen LogP contribution is -2.16. The Bertz CT molecular complexity index is 673. The van der Waals surface area contributed by atoms with Crippen LogP contribution in [0.4, 0.5) is 0 Å². The van der Waals surface area contributed by atoms with E-state index in [-0.39, 0.29) is 6.04 Å². The first-order valence-corrected chi connectivity index (χ1v) is 6.90. The number of hydrogen-bond donors (Lipinski definition) is 1. The summed E-state index contributed by atoms with van der Waals surface area (Å²) in [7, 11) is 0. The van der Waals surface area contributed by atoms with Gasteiger partial charge in [0, 0.05) is 11.4 Å². The molecule has 0 bridgehead atoms. The van der Waals surface area contributed by atoms with E-state index >= 15 is 0 Å². The van der Waals surface area contributed by atoms with Gasteiger partial charge in [-0.3, -0.25) is 0 Å². The first kappa shape index (κ1) is 11.7. The number of nitrogens with zero attached hydrogens (tertiary/aromatic N) is 2. The molecule has 2 N–H and O–H groups in total. The maximum atomic E-state index is 6.20. The van der Waals surface area contributed by atoms with Crippen LogP contribution in [0.1, 0.15) is 10.9 Å². The molecule has 3 nitrogen and oxygen atoms in total. The second-order valence-corrected chi connectivity index (χ2v) is 5.48. The van der Waals surface area contributed by atoms with Gasteiger partial charge in [0.25, 0.3) is 0 Å². The minimum absolute atomic E-state index is 0.102. The average Bonchev–Trinajstić information content (AvgIpc) is 2.97. The Morgan fingerprint density at radius 3 is 2.94 bits per heavy atom. The summed E-state index contributed by atoms with van der Waals surface area (Å²) >= 11 is 7.69. The second-order valence-electron chi connectivity index (χ2n) is 4.12. The van der Waals surface area contributed by atoms with Gasteiger partial charge >= 0.3 is 0 Å². The van der Waals surface area contributed by atoms with E-state index in [9.17, 15) is 0 Å². The third kappa shape index (κ3) is 2.03. The number of para-hydroxylation sites is 2. The van der Waals surface area contributed by atoms with Crippen molar-refractivity contribution >= 4 is 34.0 Å². The van der Waals surface area contributed by atoms with Crippen molar-refractivity contribution in [1.82, 2.24) is 9.55 Å². The molecule has 0 radical (unpaired) electrons. The van der Waals surface area contributed by atoms with Gasteiger partial charge in [-0.15, -0.1) is 11.3 Å². The summed E-state index contributed by atoms with van der Waals surface area (Å²) in [6, 6.07) is 9.81. The predicted octanol–water partition coefficient (Wildman–Crippen LogP) is 3.45. The molecule has 3 rings (SSSR count). The van der Waals surface area contributed by atoms with Gasteiger partial charge in [-0.05, 0) is 23.6 Å². The van der Waals surface area contributed by atoms with E-state index < -0.39 is 0 Å². The van der Waals surface area contributed by atoms with Crippen molar-refractivity contribution in [3.05, 3.63) is 51.9 Å². The Morgan fingerprint density at radius 1 is 1.33 bits per heavy atom. The summed E-state index contributed by atoms with van der Waals surface area (Å²) in [6.45, 7) is 0.681. The van der Waals surface area contributed by atoms with Crippen LogP contribution < -0.4 is 5.73 Å². The third-order valence-corrected chi connectivity index (χ3v) is 4.39. The molecular formula is C13H12ClN3S. The van der Waals surface area contributed by atoms with E-state index in [1.165, 1.54) is 0 Å².